The van der Waals surface area contributed by atoms with E-state index in [0.29, 0.717) is 12.1 Å². The summed E-state index contributed by atoms with van der Waals surface area (Å²) in [6, 6.07) is 2.64. The molecule has 3 N–H and O–H groups in total. The maximum atomic E-state index is 12.6. The predicted molar refractivity (Wildman–Crippen MR) is 52.6 cm³/mol. The summed E-state index contributed by atoms with van der Waals surface area (Å²) < 4.78 is 12.6. The van der Waals surface area contributed by atoms with Gasteiger partial charge in [-0.05, 0) is 18.6 Å². The van der Waals surface area contributed by atoms with E-state index in [1.54, 1.807) is 6.92 Å². The third-order valence-corrected chi connectivity index (χ3v) is 2.34. The number of carboxylic acids is 1. The maximum Gasteiger partial charge on any atom is 0.305 e. The Morgan fingerprint density at radius 2 is 2.33 bits per heavy atom. The molecule has 1 aromatic heterocycles. The molecule has 1 aromatic rings. The number of pyridine rings is 1. The van der Waals surface area contributed by atoms with E-state index >= 15 is 0 Å². The van der Waals surface area contributed by atoms with Gasteiger partial charge in [0.1, 0.15) is 5.82 Å². The Morgan fingerprint density at radius 1 is 1.67 bits per heavy atom. The van der Waals surface area contributed by atoms with Gasteiger partial charge in [-0.3, -0.25) is 9.78 Å². The molecule has 0 bridgehead atoms. The summed E-state index contributed by atoms with van der Waals surface area (Å²) in [5, 5.41) is 8.71. The minimum absolute atomic E-state index is 0.220. The lowest BCUT2D eigenvalue weighted by Gasteiger charge is -2.25. The number of hydrogen-bond donors (Lipinski definition) is 2. The second kappa shape index (κ2) is 4.35. The monoisotopic (exact) mass is 212 g/mol. The smallest absolute Gasteiger partial charge is 0.305 e. The van der Waals surface area contributed by atoms with Gasteiger partial charge in [0.2, 0.25) is 0 Å². The second-order valence-electron chi connectivity index (χ2n) is 3.44. The number of carboxylic acid groups (broad SMARTS) is 1. The van der Waals surface area contributed by atoms with Crippen LogP contribution in [0.25, 0.3) is 0 Å². The van der Waals surface area contributed by atoms with Gasteiger partial charge in [-0.1, -0.05) is 6.92 Å². The largest absolute Gasteiger partial charge is 0.481 e. The van der Waals surface area contributed by atoms with E-state index in [1.165, 1.54) is 12.1 Å². The molecule has 15 heavy (non-hydrogen) atoms. The minimum atomic E-state index is -1.03. The molecule has 0 fully saturated rings. The van der Waals surface area contributed by atoms with Crippen molar-refractivity contribution in [3.05, 3.63) is 29.8 Å². The average molecular weight is 212 g/mol. The summed E-state index contributed by atoms with van der Waals surface area (Å²) >= 11 is 0. The molecule has 4 nitrogen and oxygen atoms in total. The van der Waals surface area contributed by atoms with Gasteiger partial charge in [0.05, 0.1) is 23.9 Å². The first-order valence-electron chi connectivity index (χ1n) is 4.60. The van der Waals surface area contributed by atoms with E-state index in [1.807, 2.05) is 0 Å². The SMILES string of the molecule is CCC(N)(CC(=O)O)c1ccc(F)cn1. The molecular weight excluding hydrogens is 199 g/mol. The number of carbonyl (C=O) groups is 1. The van der Waals surface area contributed by atoms with Crippen molar-refractivity contribution in [2.45, 2.75) is 25.3 Å². The summed E-state index contributed by atoms with van der Waals surface area (Å²) in [6.45, 7) is 1.77. The molecule has 82 valence electrons. The Kier molecular flexibility index (Phi) is 3.36. The van der Waals surface area contributed by atoms with Crippen molar-refractivity contribution >= 4 is 5.97 Å². The van der Waals surface area contributed by atoms with Crippen LogP contribution in [0.15, 0.2) is 18.3 Å². The minimum Gasteiger partial charge on any atom is -0.481 e. The molecular formula is C10H13FN2O2. The van der Waals surface area contributed by atoms with E-state index in [9.17, 15) is 9.18 Å². The number of hydrogen-bond acceptors (Lipinski definition) is 3. The molecule has 1 atom stereocenters. The van der Waals surface area contributed by atoms with Crippen LogP contribution in [-0.2, 0) is 10.3 Å². The fourth-order valence-corrected chi connectivity index (χ4v) is 1.34. The molecule has 0 spiro atoms. The van der Waals surface area contributed by atoms with Crippen LogP contribution in [0, 0.1) is 5.82 Å². The normalized spacial score (nSPS) is 14.6. The molecule has 0 saturated carbocycles. The Labute approximate surface area is 86.9 Å². The third-order valence-electron chi connectivity index (χ3n) is 2.34. The van der Waals surface area contributed by atoms with Gasteiger partial charge in [-0.15, -0.1) is 0 Å². The number of halogens is 1. The molecule has 0 aliphatic rings. The molecule has 1 rings (SSSR count). The van der Waals surface area contributed by atoms with Crippen LogP contribution < -0.4 is 5.73 Å². The highest BCUT2D eigenvalue weighted by molar-refractivity contribution is 5.68. The van der Waals surface area contributed by atoms with Crippen LogP contribution in [0.2, 0.25) is 0 Å². The summed E-state index contributed by atoms with van der Waals surface area (Å²) in [6.07, 6.45) is 1.24. The first kappa shape index (κ1) is 11.6. The molecule has 0 radical (unpaired) electrons. The Hall–Kier alpha value is -1.49. The van der Waals surface area contributed by atoms with Crippen LogP contribution in [0.3, 0.4) is 0 Å². The molecule has 0 aliphatic heterocycles. The zero-order valence-electron chi connectivity index (χ0n) is 8.40. The Bertz CT molecular complexity index is 353. The number of nitrogens with zero attached hydrogens (tertiary/aromatic N) is 1. The van der Waals surface area contributed by atoms with Crippen molar-refractivity contribution in [3.63, 3.8) is 0 Å². The number of nitrogens with two attached hydrogens (primary N) is 1. The molecule has 1 unspecified atom stereocenters. The fraction of sp³-hybridized carbons (Fsp3) is 0.400. The van der Waals surface area contributed by atoms with Crippen molar-refractivity contribution in [1.29, 1.82) is 0 Å². The lowest BCUT2D eigenvalue weighted by molar-refractivity contribution is -0.138. The van der Waals surface area contributed by atoms with Crippen molar-refractivity contribution in [3.8, 4) is 0 Å². The summed E-state index contributed by atoms with van der Waals surface area (Å²) in [4.78, 5) is 14.4. The second-order valence-corrected chi connectivity index (χ2v) is 3.44. The number of aromatic nitrogens is 1. The van der Waals surface area contributed by atoms with Crippen LogP contribution in [-0.4, -0.2) is 16.1 Å². The van der Waals surface area contributed by atoms with Gasteiger partial charge in [0.15, 0.2) is 0 Å². The van der Waals surface area contributed by atoms with Crippen LogP contribution in [0.1, 0.15) is 25.5 Å². The zero-order chi connectivity index (χ0) is 11.5. The summed E-state index contributed by atoms with van der Waals surface area (Å²) in [5.41, 5.74) is 5.27. The first-order chi connectivity index (χ1) is 6.98. The van der Waals surface area contributed by atoms with Crippen LogP contribution >= 0.6 is 0 Å². The van der Waals surface area contributed by atoms with Crippen LogP contribution in [0.5, 0.6) is 0 Å². The number of rotatable bonds is 4. The first-order valence-corrected chi connectivity index (χ1v) is 4.60. The van der Waals surface area contributed by atoms with Crippen LogP contribution in [0.4, 0.5) is 4.39 Å². The summed E-state index contributed by atoms with van der Waals surface area (Å²) in [7, 11) is 0. The van der Waals surface area contributed by atoms with Crippen molar-refractivity contribution in [2.75, 3.05) is 0 Å². The highest BCUT2D eigenvalue weighted by Gasteiger charge is 2.29. The van der Waals surface area contributed by atoms with E-state index in [-0.39, 0.29) is 6.42 Å². The fourth-order valence-electron chi connectivity index (χ4n) is 1.34. The van der Waals surface area contributed by atoms with Crippen molar-refractivity contribution in [2.24, 2.45) is 5.73 Å². The van der Waals surface area contributed by atoms with Gasteiger partial charge in [0, 0.05) is 0 Å². The Morgan fingerprint density at radius 3 is 2.73 bits per heavy atom. The van der Waals surface area contributed by atoms with Crippen molar-refractivity contribution in [1.82, 2.24) is 4.98 Å². The highest BCUT2D eigenvalue weighted by atomic mass is 19.1. The Balaban J connectivity index is 3.00. The van der Waals surface area contributed by atoms with E-state index < -0.39 is 17.3 Å². The zero-order valence-corrected chi connectivity index (χ0v) is 8.40. The maximum absolute atomic E-state index is 12.6. The number of aliphatic carboxylic acids is 1. The molecule has 1 heterocycles. The lowest BCUT2D eigenvalue weighted by Crippen LogP contribution is -2.39. The summed E-state index contributed by atoms with van der Waals surface area (Å²) in [5.74, 6) is -1.46. The average Bonchev–Trinajstić information content (AvgIpc) is 2.17. The molecule has 0 saturated heterocycles. The lowest BCUT2D eigenvalue weighted by atomic mass is 9.89. The topological polar surface area (TPSA) is 76.2 Å². The third kappa shape index (κ3) is 2.73. The predicted octanol–water partition coefficient (Wildman–Crippen LogP) is 1.26. The molecule has 0 aliphatic carbocycles. The molecule has 0 amide bonds. The van der Waals surface area contributed by atoms with E-state index in [0.717, 1.165) is 6.20 Å². The molecule has 5 heteroatoms. The standard InChI is InChI=1S/C10H13FN2O2/c1-2-10(12,5-9(14)15)8-4-3-7(11)6-13-8/h3-4,6H,2,5,12H2,1H3,(H,14,15). The van der Waals surface area contributed by atoms with Crippen molar-refractivity contribution < 1.29 is 14.3 Å². The van der Waals surface area contributed by atoms with E-state index in [4.69, 9.17) is 10.8 Å². The highest BCUT2D eigenvalue weighted by Crippen LogP contribution is 2.23. The van der Waals surface area contributed by atoms with Gasteiger partial charge in [-0.25, -0.2) is 4.39 Å². The van der Waals surface area contributed by atoms with Gasteiger partial charge in [0.25, 0.3) is 0 Å². The van der Waals surface area contributed by atoms with E-state index in [2.05, 4.69) is 4.98 Å². The molecule has 0 aromatic carbocycles. The van der Waals surface area contributed by atoms with Gasteiger partial charge in [-0.2, -0.15) is 0 Å². The van der Waals surface area contributed by atoms with Gasteiger partial charge < -0.3 is 10.8 Å². The quantitative estimate of drug-likeness (QED) is 0.787. The van der Waals surface area contributed by atoms with Gasteiger partial charge >= 0.3 is 5.97 Å².